The molecule has 1 rings (SSSR count). The monoisotopic (exact) mass is 212 g/mol. The molecule has 2 nitrogen and oxygen atoms in total. The minimum absolute atomic E-state index is 0.919. The predicted molar refractivity (Wildman–Crippen MR) is 66.3 cm³/mol. The van der Waals surface area contributed by atoms with E-state index >= 15 is 0 Å². The van der Waals surface area contributed by atoms with Gasteiger partial charge in [0.25, 0.3) is 0 Å². The van der Waals surface area contributed by atoms with Crippen LogP contribution in [0.15, 0.2) is 16.0 Å². The van der Waals surface area contributed by atoms with Crippen LogP contribution in [0, 0.1) is 0 Å². The molecule has 0 amide bonds. The van der Waals surface area contributed by atoms with Crippen LogP contribution in [0.3, 0.4) is 0 Å². The van der Waals surface area contributed by atoms with E-state index in [1.165, 1.54) is 44.1 Å². The van der Waals surface area contributed by atoms with Gasteiger partial charge in [-0.2, -0.15) is 5.10 Å². The lowest BCUT2D eigenvalue weighted by molar-refractivity contribution is 0.628. The maximum atomic E-state index is 5.37. The highest BCUT2D eigenvalue weighted by molar-refractivity contribution is 7.42. The van der Waals surface area contributed by atoms with E-state index < -0.39 is 0 Å². The highest BCUT2D eigenvalue weighted by Crippen LogP contribution is 2.33. The van der Waals surface area contributed by atoms with Crippen LogP contribution in [-0.4, -0.2) is 12.4 Å². The Labute approximate surface area is 88.8 Å². The van der Waals surface area contributed by atoms with Gasteiger partial charge in [0.15, 0.2) is 0 Å². The van der Waals surface area contributed by atoms with Crippen molar-refractivity contribution >= 4 is 14.3 Å². The smallest absolute Gasteiger partial charge is 0.0604 e. The van der Waals surface area contributed by atoms with E-state index in [4.69, 9.17) is 5.84 Å². The van der Waals surface area contributed by atoms with Crippen LogP contribution in [-0.2, 0) is 0 Å². The third-order valence-corrected chi connectivity index (χ3v) is 4.06. The van der Waals surface area contributed by atoms with E-state index in [-0.39, 0.29) is 0 Å². The number of hydrazone groups is 1. The largest absolute Gasteiger partial charge is 0.323 e. The van der Waals surface area contributed by atoms with E-state index in [0.29, 0.717) is 0 Å². The van der Waals surface area contributed by atoms with Gasteiger partial charge in [-0.15, -0.1) is 0 Å². The van der Waals surface area contributed by atoms with Gasteiger partial charge in [-0.1, -0.05) is 21.4 Å². The summed E-state index contributed by atoms with van der Waals surface area (Å²) in [6.07, 6.45) is 7.84. The van der Waals surface area contributed by atoms with Crippen LogP contribution < -0.4 is 5.84 Å². The molecule has 14 heavy (non-hydrogen) atoms. The number of hydrogen-bond acceptors (Lipinski definition) is 2. The van der Waals surface area contributed by atoms with E-state index in [9.17, 15) is 0 Å². The molecule has 0 saturated carbocycles. The van der Waals surface area contributed by atoms with Gasteiger partial charge in [0.1, 0.15) is 0 Å². The topological polar surface area (TPSA) is 38.4 Å². The van der Waals surface area contributed by atoms with Crippen molar-refractivity contribution in [1.82, 2.24) is 0 Å². The second-order valence-electron chi connectivity index (χ2n) is 3.84. The molecule has 0 saturated heterocycles. The van der Waals surface area contributed by atoms with Crippen molar-refractivity contribution in [3.63, 3.8) is 0 Å². The molecule has 0 radical (unpaired) electrons. The van der Waals surface area contributed by atoms with E-state index in [1.807, 2.05) is 6.92 Å². The molecule has 0 fully saturated rings. The summed E-state index contributed by atoms with van der Waals surface area (Å²) in [5.41, 5.74) is 2.50. The second-order valence-corrected chi connectivity index (χ2v) is 4.94. The second kappa shape index (κ2) is 6.19. The average Bonchev–Trinajstić information content (AvgIpc) is 2.17. The van der Waals surface area contributed by atoms with Gasteiger partial charge in [-0.05, 0) is 50.2 Å². The SMILES string of the molecule is CP/C1=C(\C(C)=N/N)CCCCCC1. The number of allylic oxidation sites excluding steroid dienone is 2. The average molecular weight is 212 g/mol. The number of nitrogens with two attached hydrogens (primary N) is 1. The molecule has 3 heteroatoms. The van der Waals surface area contributed by atoms with Crippen molar-refractivity contribution in [3.05, 3.63) is 10.9 Å². The van der Waals surface area contributed by atoms with Gasteiger partial charge in [0.2, 0.25) is 0 Å². The first-order valence-corrected chi connectivity index (χ1v) is 6.94. The summed E-state index contributed by atoms with van der Waals surface area (Å²) in [4.78, 5) is 0. The number of nitrogens with zero attached hydrogens (tertiary/aromatic N) is 1. The van der Waals surface area contributed by atoms with Crippen LogP contribution >= 0.6 is 8.58 Å². The van der Waals surface area contributed by atoms with Gasteiger partial charge in [-0.3, -0.25) is 0 Å². The Balaban J connectivity index is 2.87. The van der Waals surface area contributed by atoms with Crippen LogP contribution in [0.1, 0.15) is 45.4 Å². The van der Waals surface area contributed by atoms with Crippen molar-refractivity contribution in [2.24, 2.45) is 10.9 Å². The van der Waals surface area contributed by atoms with E-state index in [1.54, 1.807) is 5.31 Å². The first-order chi connectivity index (χ1) is 6.79. The summed E-state index contributed by atoms with van der Waals surface area (Å²) < 4.78 is 0. The Morgan fingerprint density at radius 3 is 2.43 bits per heavy atom. The molecule has 0 heterocycles. The summed E-state index contributed by atoms with van der Waals surface area (Å²) in [5.74, 6) is 5.37. The zero-order valence-electron chi connectivity index (χ0n) is 9.27. The van der Waals surface area contributed by atoms with Crippen molar-refractivity contribution in [3.8, 4) is 0 Å². The molecule has 0 bridgehead atoms. The Bertz CT molecular complexity index is 244. The molecule has 1 unspecified atom stereocenters. The highest BCUT2D eigenvalue weighted by atomic mass is 31.1. The molecule has 0 aromatic carbocycles. The molecular weight excluding hydrogens is 191 g/mol. The Kier molecular flexibility index (Phi) is 5.17. The summed E-state index contributed by atoms with van der Waals surface area (Å²) in [6, 6.07) is 0. The minimum atomic E-state index is 0.919. The normalized spacial score (nSPS) is 26.6. The standard InChI is InChI=1S/C11H21N2P/c1-9(13-12)10-7-5-3-4-6-8-11(10)14-2/h14H,3-8,12H2,1-2H3/b11-10-,13-9-. The molecule has 2 N–H and O–H groups in total. The molecule has 1 aliphatic rings. The van der Waals surface area contributed by atoms with Gasteiger partial charge in [-0.25, -0.2) is 0 Å². The van der Waals surface area contributed by atoms with E-state index in [0.717, 1.165) is 14.3 Å². The Hall–Kier alpha value is -0.360. The first kappa shape index (κ1) is 11.7. The maximum absolute atomic E-state index is 5.37. The van der Waals surface area contributed by atoms with Gasteiger partial charge < -0.3 is 5.84 Å². The van der Waals surface area contributed by atoms with Crippen LogP contribution in [0.5, 0.6) is 0 Å². The van der Waals surface area contributed by atoms with Gasteiger partial charge in [0, 0.05) is 0 Å². The molecule has 1 aliphatic carbocycles. The summed E-state index contributed by atoms with van der Waals surface area (Å²) in [7, 11) is 0.919. The van der Waals surface area contributed by atoms with Crippen molar-refractivity contribution in [1.29, 1.82) is 0 Å². The molecule has 0 aromatic rings. The summed E-state index contributed by atoms with van der Waals surface area (Å²) in [6.45, 7) is 4.30. The maximum Gasteiger partial charge on any atom is 0.0604 e. The molecule has 0 aromatic heterocycles. The van der Waals surface area contributed by atoms with Crippen LogP contribution in [0.25, 0.3) is 0 Å². The minimum Gasteiger partial charge on any atom is -0.323 e. The molecule has 1 atom stereocenters. The zero-order chi connectivity index (χ0) is 10.4. The van der Waals surface area contributed by atoms with Gasteiger partial charge >= 0.3 is 0 Å². The fourth-order valence-electron chi connectivity index (χ4n) is 2.01. The third kappa shape index (κ3) is 3.09. The summed E-state index contributed by atoms with van der Waals surface area (Å²) >= 11 is 0. The quantitative estimate of drug-likeness (QED) is 0.324. The predicted octanol–water partition coefficient (Wildman–Crippen LogP) is 3.24. The van der Waals surface area contributed by atoms with Crippen LogP contribution in [0.4, 0.5) is 0 Å². The van der Waals surface area contributed by atoms with E-state index in [2.05, 4.69) is 11.8 Å². The van der Waals surface area contributed by atoms with Crippen molar-refractivity contribution in [2.75, 3.05) is 6.66 Å². The van der Waals surface area contributed by atoms with Crippen molar-refractivity contribution < 1.29 is 0 Å². The molecule has 80 valence electrons. The lowest BCUT2D eigenvalue weighted by Crippen LogP contribution is -2.05. The molecule has 0 spiro atoms. The third-order valence-electron chi connectivity index (χ3n) is 2.90. The highest BCUT2D eigenvalue weighted by Gasteiger charge is 2.11. The zero-order valence-corrected chi connectivity index (χ0v) is 10.3. The fourth-order valence-corrected chi connectivity index (χ4v) is 3.05. The number of hydrogen-bond donors (Lipinski definition) is 1. The molecule has 0 aliphatic heterocycles. The number of rotatable bonds is 2. The molecular formula is C11H21N2P. The Morgan fingerprint density at radius 2 is 1.86 bits per heavy atom. The Morgan fingerprint density at radius 1 is 1.21 bits per heavy atom. The first-order valence-electron chi connectivity index (χ1n) is 5.44. The fraction of sp³-hybridized carbons (Fsp3) is 0.727. The van der Waals surface area contributed by atoms with Gasteiger partial charge in [0.05, 0.1) is 5.71 Å². The van der Waals surface area contributed by atoms with Crippen LogP contribution in [0.2, 0.25) is 0 Å². The lowest BCUT2D eigenvalue weighted by Gasteiger charge is -2.16. The lowest BCUT2D eigenvalue weighted by atomic mass is 9.97. The summed E-state index contributed by atoms with van der Waals surface area (Å²) in [5, 5.41) is 5.45. The van der Waals surface area contributed by atoms with Crippen molar-refractivity contribution in [2.45, 2.75) is 45.4 Å².